The molecule has 0 spiro atoms. The summed E-state index contributed by atoms with van der Waals surface area (Å²) in [6.07, 6.45) is 5.14. The van der Waals surface area contributed by atoms with Crippen LogP contribution < -0.4 is 4.90 Å². The van der Waals surface area contributed by atoms with Gasteiger partial charge >= 0.3 is 0 Å². The average Bonchev–Trinajstić information content (AvgIpc) is 3.10. The van der Waals surface area contributed by atoms with Gasteiger partial charge in [0.2, 0.25) is 10.0 Å². The molecule has 2 aliphatic rings. The average molecular weight is 468 g/mol. The number of carbonyl (C=O) groups excluding carboxylic acids is 1. The fraction of sp³-hybridized carbons (Fsp3) is 0.458. The van der Waals surface area contributed by atoms with Crippen LogP contribution in [0.3, 0.4) is 0 Å². The molecular formula is C24H29N5O3S. The van der Waals surface area contributed by atoms with Crippen LogP contribution in [0.2, 0.25) is 0 Å². The zero-order chi connectivity index (χ0) is 23.4. The first-order chi connectivity index (χ1) is 15.9. The number of pyridine rings is 1. The van der Waals surface area contributed by atoms with Crippen LogP contribution in [0.5, 0.6) is 0 Å². The Balaban J connectivity index is 1.50. The van der Waals surface area contributed by atoms with Crippen LogP contribution in [0, 0.1) is 11.3 Å². The third kappa shape index (κ3) is 4.87. The molecule has 4 rings (SSSR count). The number of anilines is 1. The third-order valence-electron chi connectivity index (χ3n) is 6.42. The summed E-state index contributed by atoms with van der Waals surface area (Å²) >= 11 is 0. The number of nitriles is 1. The van der Waals surface area contributed by atoms with Gasteiger partial charge in [0.1, 0.15) is 11.9 Å². The van der Waals surface area contributed by atoms with Gasteiger partial charge in [-0.1, -0.05) is 12.5 Å². The number of nitrogens with zero attached hydrogens (tertiary/aromatic N) is 5. The molecule has 2 aliphatic heterocycles. The minimum atomic E-state index is -3.64. The number of amides is 1. The first-order valence-corrected chi connectivity index (χ1v) is 12.9. The van der Waals surface area contributed by atoms with Crippen molar-refractivity contribution < 1.29 is 13.2 Å². The molecule has 0 radical (unpaired) electrons. The summed E-state index contributed by atoms with van der Waals surface area (Å²) in [6, 6.07) is 12.0. The molecule has 3 heterocycles. The highest BCUT2D eigenvalue weighted by atomic mass is 32.2. The predicted octanol–water partition coefficient (Wildman–Crippen LogP) is 2.87. The summed E-state index contributed by atoms with van der Waals surface area (Å²) < 4.78 is 28.0. The summed E-state index contributed by atoms with van der Waals surface area (Å²) in [5, 5.41) is 9.38. The maximum Gasteiger partial charge on any atom is 0.253 e. The lowest BCUT2D eigenvalue weighted by molar-refractivity contribution is 0.0766. The van der Waals surface area contributed by atoms with Gasteiger partial charge in [-0.15, -0.1) is 0 Å². The number of rotatable bonds is 4. The summed E-state index contributed by atoms with van der Waals surface area (Å²) in [6.45, 7) is 4.73. The Labute approximate surface area is 195 Å². The van der Waals surface area contributed by atoms with E-state index in [2.05, 4.69) is 11.1 Å². The maximum absolute atomic E-state index is 13.3. The highest BCUT2D eigenvalue weighted by Gasteiger charge is 2.31. The van der Waals surface area contributed by atoms with Crippen LogP contribution in [0.1, 0.15) is 48.5 Å². The van der Waals surface area contributed by atoms with Gasteiger partial charge in [0.25, 0.3) is 5.91 Å². The highest BCUT2D eigenvalue weighted by Crippen LogP contribution is 2.26. The van der Waals surface area contributed by atoms with E-state index in [9.17, 15) is 18.5 Å². The third-order valence-corrected chi connectivity index (χ3v) is 8.43. The molecule has 9 heteroatoms. The van der Waals surface area contributed by atoms with Gasteiger partial charge in [-0.25, -0.2) is 13.4 Å². The van der Waals surface area contributed by atoms with Gasteiger partial charge < -0.3 is 9.80 Å². The minimum absolute atomic E-state index is 0.0374. The molecular weight excluding hydrogens is 438 g/mol. The summed E-state index contributed by atoms with van der Waals surface area (Å²) in [5.74, 6) is 0.458. The van der Waals surface area contributed by atoms with Gasteiger partial charge in [-0.05, 0) is 56.5 Å². The molecule has 0 saturated carbocycles. The zero-order valence-corrected chi connectivity index (χ0v) is 19.7. The van der Waals surface area contributed by atoms with E-state index in [4.69, 9.17) is 0 Å². The van der Waals surface area contributed by atoms with Crippen molar-refractivity contribution in [3.8, 4) is 6.07 Å². The van der Waals surface area contributed by atoms with Crippen LogP contribution in [-0.2, 0) is 10.0 Å². The molecule has 1 unspecified atom stereocenters. The Morgan fingerprint density at radius 2 is 1.91 bits per heavy atom. The Kier molecular flexibility index (Phi) is 6.96. The number of sulfonamides is 1. The normalized spacial score (nSPS) is 20.2. The lowest BCUT2D eigenvalue weighted by Crippen LogP contribution is -2.42. The van der Waals surface area contributed by atoms with E-state index in [1.165, 1.54) is 6.07 Å². The topological polar surface area (TPSA) is 97.6 Å². The summed E-state index contributed by atoms with van der Waals surface area (Å²) in [4.78, 5) is 21.6. The van der Waals surface area contributed by atoms with Crippen molar-refractivity contribution in [2.75, 3.05) is 37.6 Å². The lowest BCUT2D eigenvalue weighted by Gasteiger charge is -2.32. The fourth-order valence-electron chi connectivity index (χ4n) is 4.60. The van der Waals surface area contributed by atoms with Gasteiger partial charge in [0, 0.05) is 50.5 Å². The van der Waals surface area contributed by atoms with Crippen LogP contribution in [-0.4, -0.2) is 67.3 Å². The van der Waals surface area contributed by atoms with E-state index >= 15 is 0 Å². The summed E-state index contributed by atoms with van der Waals surface area (Å²) in [5.41, 5.74) is 0.895. The highest BCUT2D eigenvalue weighted by molar-refractivity contribution is 7.89. The van der Waals surface area contributed by atoms with E-state index in [0.29, 0.717) is 49.7 Å². The molecule has 1 aromatic carbocycles. The number of hydrogen-bond acceptors (Lipinski definition) is 6. The molecule has 1 atom stereocenters. The van der Waals surface area contributed by atoms with E-state index in [1.54, 1.807) is 45.7 Å². The monoisotopic (exact) mass is 467 g/mol. The minimum Gasteiger partial charge on any atom is -0.354 e. The second-order valence-corrected chi connectivity index (χ2v) is 10.5. The molecule has 0 aliphatic carbocycles. The second-order valence-electron chi connectivity index (χ2n) is 8.61. The summed E-state index contributed by atoms with van der Waals surface area (Å²) in [7, 11) is -3.64. The van der Waals surface area contributed by atoms with E-state index < -0.39 is 10.0 Å². The van der Waals surface area contributed by atoms with Gasteiger partial charge in [0.05, 0.1) is 10.5 Å². The first-order valence-electron chi connectivity index (χ1n) is 11.4. The van der Waals surface area contributed by atoms with Gasteiger partial charge in [-0.2, -0.15) is 9.57 Å². The Hall–Kier alpha value is -2.96. The zero-order valence-electron chi connectivity index (χ0n) is 18.9. The van der Waals surface area contributed by atoms with Crippen LogP contribution in [0.25, 0.3) is 0 Å². The second kappa shape index (κ2) is 9.89. The van der Waals surface area contributed by atoms with Crippen molar-refractivity contribution in [3.63, 3.8) is 0 Å². The molecule has 1 aromatic heterocycles. The Morgan fingerprint density at radius 1 is 1.06 bits per heavy atom. The Morgan fingerprint density at radius 3 is 2.70 bits per heavy atom. The molecule has 174 valence electrons. The van der Waals surface area contributed by atoms with Crippen molar-refractivity contribution >= 4 is 21.7 Å². The molecule has 2 fully saturated rings. The van der Waals surface area contributed by atoms with Gasteiger partial charge in [0.15, 0.2) is 0 Å². The molecule has 2 saturated heterocycles. The smallest absolute Gasteiger partial charge is 0.253 e. The molecule has 8 nitrogen and oxygen atoms in total. The lowest BCUT2D eigenvalue weighted by atomic mass is 10.1. The van der Waals surface area contributed by atoms with Crippen molar-refractivity contribution in [1.29, 1.82) is 5.26 Å². The number of carbonyl (C=O) groups is 1. The molecule has 0 bridgehead atoms. The van der Waals surface area contributed by atoms with E-state index in [0.717, 1.165) is 25.7 Å². The van der Waals surface area contributed by atoms with Crippen molar-refractivity contribution in [2.45, 2.75) is 43.5 Å². The SMILES string of the molecule is CC1CCCCN1S(=O)(=O)c1cccc(C(=O)N2CCCN(c3ncccc3C#N)CC2)c1. The van der Waals surface area contributed by atoms with Gasteiger partial charge in [-0.3, -0.25) is 4.79 Å². The number of benzene rings is 1. The Bertz CT molecular complexity index is 1160. The van der Waals surface area contributed by atoms with Crippen LogP contribution in [0.4, 0.5) is 5.82 Å². The van der Waals surface area contributed by atoms with Crippen LogP contribution >= 0.6 is 0 Å². The number of piperidine rings is 1. The van der Waals surface area contributed by atoms with E-state index in [-0.39, 0.29) is 16.8 Å². The molecule has 2 aromatic rings. The molecule has 1 amide bonds. The molecule has 0 N–H and O–H groups in total. The van der Waals surface area contributed by atoms with E-state index in [1.807, 2.05) is 11.8 Å². The van der Waals surface area contributed by atoms with Crippen molar-refractivity contribution in [3.05, 3.63) is 53.7 Å². The standard InChI is InChI=1S/C24H29N5O3S/c1-19-7-2-3-14-29(19)33(31,32)22-10-4-8-20(17-22)24(30)28-13-6-12-27(15-16-28)23-21(18-25)9-5-11-26-23/h4-5,8-11,17,19H,2-3,6-7,12-16H2,1H3. The fourth-order valence-corrected chi connectivity index (χ4v) is 6.35. The number of hydrogen-bond donors (Lipinski definition) is 0. The quantitative estimate of drug-likeness (QED) is 0.686. The number of aromatic nitrogens is 1. The first kappa shape index (κ1) is 23.2. The maximum atomic E-state index is 13.3. The molecule has 33 heavy (non-hydrogen) atoms. The predicted molar refractivity (Wildman–Crippen MR) is 125 cm³/mol. The van der Waals surface area contributed by atoms with Crippen molar-refractivity contribution in [2.24, 2.45) is 0 Å². The van der Waals surface area contributed by atoms with Crippen molar-refractivity contribution in [1.82, 2.24) is 14.2 Å². The van der Waals surface area contributed by atoms with Crippen LogP contribution in [0.15, 0.2) is 47.5 Å². The largest absolute Gasteiger partial charge is 0.354 e.